The summed E-state index contributed by atoms with van der Waals surface area (Å²) in [5.41, 5.74) is 7.41. The zero-order valence-corrected chi connectivity index (χ0v) is 13.5. The van der Waals surface area contributed by atoms with E-state index in [1.165, 1.54) is 17.7 Å². The first-order chi connectivity index (χ1) is 11.5. The van der Waals surface area contributed by atoms with Gasteiger partial charge < -0.3 is 15.8 Å². The molecule has 1 aliphatic carbocycles. The summed E-state index contributed by atoms with van der Waals surface area (Å²) in [4.78, 5) is 11.1. The molecule has 5 heteroatoms. The Labute approximate surface area is 140 Å². The smallest absolute Gasteiger partial charge is 0.234 e. The van der Waals surface area contributed by atoms with E-state index in [4.69, 9.17) is 10.5 Å². The van der Waals surface area contributed by atoms with Crippen molar-refractivity contribution < 1.29 is 13.9 Å². The number of amides is 1. The highest BCUT2D eigenvalue weighted by Crippen LogP contribution is 2.41. The fourth-order valence-corrected chi connectivity index (χ4v) is 2.71. The molecule has 2 aromatic rings. The summed E-state index contributed by atoms with van der Waals surface area (Å²) in [7, 11) is 0. The normalized spacial score (nSPS) is 20.4. The SMILES string of the molecule is C[C@@H](N[C@H]1CC1c1ccc(OCc2ccc(F)cc2)cc1)C(N)=O. The van der Waals surface area contributed by atoms with Crippen LogP contribution in [0.3, 0.4) is 0 Å². The van der Waals surface area contributed by atoms with Crippen molar-refractivity contribution in [2.24, 2.45) is 5.73 Å². The van der Waals surface area contributed by atoms with Crippen molar-refractivity contribution in [1.29, 1.82) is 0 Å². The molecule has 1 amide bonds. The van der Waals surface area contributed by atoms with Gasteiger partial charge in [-0.1, -0.05) is 24.3 Å². The van der Waals surface area contributed by atoms with Crippen LogP contribution in [0.4, 0.5) is 4.39 Å². The average Bonchev–Trinajstić information content (AvgIpc) is 3.34. The van der Waals surface area contributed by atoms with Crippen LogP contribution >= 0.6 is 0 Å². The predicted molar refractivity (Wildman–Crippen MR) is 90.1 cm³/mol. The number of carbonyl (C=O) groups excluding carboxylic acids is 1. The number of nitrogens with one attached hydrogen (secondary N) is 1. The fourth-order valence-electron chi connectivity index (χ4n) is 2.71. The zero-order valence-electron chi connectivity index (χ0n) is 13.5. The minimum atomic E-state index is -0.329. The van der Waals surface area contributed by atoms with Gasteiger partial charge in [0.15, 0.2) is 0 Å². The number of hydrogen-bond donors (Lipinski definition) is 2. The molecule has 1 fully saturated rings. The van der Waals surface area contributed by atoms with E-state index in [2.05, 4.69) is 5.32 Å². The molecule has 1 aliphatic rings. The van der Waals surface area contributed by atoms with E-state index >= 15 is 0 Å². The van der Waals surface area contributed by atoms with Crippen LogP contribution in [0.25, 0.3) is 0 Å². The number of primary amides is 1. The van der Waals surface area contributed by atoms with Gasteiger partial charge in [-0.25, -0.2) is 4.39 Å². The second-order valence-corrected chi connectivity index (χ2v) is 6.22. The molecule has 1 unspecified atom stereocenters. The second kappa shape index (κ2) is 7.01. The molecular formula is C19H21FN2O2. The average molecular weight is 328 g/mol. The predicted octanol–water partition coefficient (Wildman–Crippen LogP) is 2.72. The van der Waals surface area contributed by atoms with Gasteiger partial charge in [0.05, 0.1) is 6.04 Å². The summed E-state index contributed by atoms with van der Waals surface area (Å²) in [6, 6.07) is 14.2. The molecule has 0 aliphatic heterocycles. The van der Waals surface area contributed by atoms with Crippen LogP contribution in [-0.2, 0) is 11.4 Å². The highest BCUT2D eigenvalue weighted by Gasteiger charge is 2.39. The molecule has 4 nitrogen and oxygen atoms in total. The summed E-state index contributed by atoms with van der Waals surface area (Å²) in [6.45, 7) is 2.19. The third kappa shape index (κ3) is 4.11. The number of ether oxygens (including phenoxy) is 1. The largest absolute Gasteiger partial charge is 0.489 e. The molecule has 3 rings (SSSR count). The molecule has 0 saturated heterocycles. The van der Waals surface area contributed by atoms with Crippen LogP contribution in [0, 0.1) is 5.82 Å². The summed E-state index contributed by atoms with van der Waals surface area (Å²) in [5, 5.41) is 3.23. The Bertz CT molecular complexity index is 700. The van der Waals surface area contributed by atoms with Crippen LogP contribution in [0.5, 0.6) is 5.75 Å². The summed E-state index contributed by atoms with van der Waals surface area (Å²) < 4.78 is 18.6. The monoisotopic (exact) mass is 328 g/mol. The first-order valence-electron chi connectivity index (χ1n) is 8.05. The third-order valence-electron chi connectivity index (χ3n) is 4.31. The summed E-state index contributed by atoms with van der Waals surface area (Å²) in [5.74, 6) is 0.614. The highest BCUT2D eigenvalue weighted by atomic mass is 19.1. The zero-order chi connectivity index (χ0) is 17.1. The third-order valence-corrected chi connectivity index (χ3v) is 4.31. The lowest BCUT2D eigenvalue weighted by Crippen LogP contribution is -2.40. The first kappa shape index (κ1) is 16.5. The van der Waals surface area contributed by atoms with Crippen molar-refractivity contribution in [3.8, 4) is 5.75 Å². The van der Waals surface area contributed by atoms with E-state index in [0.29, 0.717) is 18.6 Å². The number of benzene rings is 2. The number of hydrogen-bond acceptors (Lipinski definition) is 3. The molecule has 0 bridgehead atoms. The van der Waals surface area contributed by atoms with E-state index in [1.54, 1.807) is 19.1 Å². The topological polar surface area (TPSA) is 64.3 Å². The van der Waals surface area contributed by atoms with E-state index < -0.39 is 0 Å². The lowest BCUT2D eigenvalue weighted by atomic mass is 10.1. The van der Waals surface area contributed by atoms with Crippen molar-refractivity contribution in [3.63, 3.8) is 0 Å². The van der Waals surface area contributed by atoms with Crippen molar-refractivity contribution in [2.45, 2.75) is 38.0 Å². The number of nitrogens with two attached hydrogens (primary N) is 1. The lowest BCUT2D eigenvalue weighted by Gasteiger charge is -2.10. The molecule has 0 aromatic heterocycles. The number of halogens is 1. The van der Waals surface area contributed by atoms with Crippen molar-refractivity contribution in [3.05, 3.63) is 65.5 Å². The van der Waals surface area contributed by atoms with Gasteiger partial charge in [-0.3, -0.25) is 4.79 Å². The van der Waals surface area contributed by atoms with Crippen LogP contribution in [0.15, 0.2) is 48.5 Å². The van der Waals surface area contributed by atoms with Gasteiger partial charge in [0.1, 0.15) is 18.2 Å². The molecule has 2 aromatic carbocycles. The van der Waals surface area contributed by atoms with Gasteiger partial charge in [0.25, 0.3) is 0 Å². The standard InChI is InChI=1S/C19H21FN2O2/c1-12(19(21)23)22-18-10-17(18)14-4-8-16(9-5-14)24-11-13-2-6-15(20)7-3-13/h2-9,12,17-18,22H,10-11H2,1H3,(H2,21,23)/t12-,17?,18+/m1/s1. The van der Waals surface area contributed by atoms with E-state index in [-0.39, 0.29) is 17.8 Å². The Morgan fingerprint density at radius 1 is 1.25 bits per heavy atom. The molecule has 3 atom stereocenters. The molecule has 3 N–H and O–H groups in total. The molecule has 126 valence electrons. The quantitative estimate of drug-likeness (QED) is 0.821. The van der Waals surface area contributed by atoms with Crippen LogP contribution in [0.1, 0.15) is 30.4 Å². The molecule has 24 heavy (non-hydrogen) atoms. The Kier molecular flexibility index (Phi) is 4.81. The molecule has 0 heterocycles. The molecule has 0 radical (unpaired) electrons. The van der Waals surface area contributed by atoms with E-state index in [0.717, 1.165) is 17.7 Å². The van der Waals surface area contributed by atoms with Crippen LogP contribution in [0.2, 0.25) is 0 Å². The van der Waals surface area contributed by atoms with Crippen molar-refractivity contribution in [2.75, 3.05) is 0 Å². The Balaban J connectivity index is 1.51. The minimum Gasteiger partial charge on any atom is -0.489 e. The number of rotatable bonds is 7. The van der Waals surface area contributed by atoms with E-state index in [9.17, 15) is 9.18 Å². The van der Waals surface area contributed by atoms with Crippen LogP contribution < -0.4 is 15.8 Å². The van der Waals surface area contributed by atoms with Gasteiger partial charge in [-0.2, -0.15) is 0 Å². The molecule has 1 saturated carbocycles. The molecule has 0 spiro atoms. The van der Waals surface area contributed by atoms with Crippen LogP contribution in [-0.4, -0.2) is 18.0 Å². The second-order valence-electron chi connectivity index (χ2n) is 6.22. The summed E-state index contributed by atoms with van der Waals surface area (Å²) in [6.07, 6.45) is 1.01. The van der Waals surface area contributed by atoms with Gasteiger partial charge in [0, 0.05) is 12.0 Å². The first-order valence-corrected chi connectivity index (χ1v) is 8.05. The Morgan fingerprint density at radius 3 is 2.54 bits per heavy atom. The Morgan fingerprint density at radius 2 is 1.92 bits per heavy atom. The number of carbonyl (C=O) groups is 1. The van der Waals surface area contributed by atoms with Gasteiger partial charge in [-0.15, -0.1) is 0 Å². The molecular weight excluding hydrogens is 307 g/mol. The van der Waals surface area contributed by atoms with Gasteiger partial charge >= 0.3 is 0 Å². The van der Waals surface area contributed by atoms with Gasteiger partial charge in [0.2, 0.25) is 5.91 Å². The minimum absolute atomic E-state index is 0.249. The Hall–Kier alpha value is -2.40. The van der Waals surface area contributed by atoms with Crippen molar-refractivity contribution >= 4 is 5.91 Å². The maximum absolute atomic E-state index is 12.9. The van der Waals surface area contributed by atoms with Crippen molar-refractivity contribution in [1.82, 2.24) is 5.32 Å². The maximum atomic E-state index is 12.9. The van der Waals surface area contributed by atoms with E-state index in [1.807, 2.05) is 24.3 Å². The van der Waals surface area contributed by atoms with Gasteiger partial charge in [-0.05, 0) is 48.7 Å². The maximum Gasteiger partial charge on any atom is 0.234 e. The highest BCUT2D eigenvalue weighted by molar-refractivity contribution is 5.79. The summed E-state index contributed by atoms with van der Waals surface area (Å²) >= 11 is 0. The lowest BCUT2D eigenvalue weighted by molar-refractivity contribution is -0.119. The fraction of sp³-hybridized carbons (Fsp3) is 0.316.